The molecule has 1 aromatic heterocycles. The Bertz CT molecular complexity index is 1280. The molecule has 1 N–H and O–H groups in total. The van der Waals surface area contributed by atoms with Crippen molar-refractivity contribution in [3.63, 3.8) is 0 Å². The average molecular weight is 475 g/mol. The molecule has 0 radical (unpaired) electrons. The molecule has 0 fully saturated rings. The summed E-state index contributed by atoms with van der Waals surface area (Å²) in [6, 6.07) is 24.6. The van der Waals surface area contributed by atoms with Crippen LogP contribution in [0.15, 0.2) is 84.0 Å². The van der Waals surface area contributed by atoms with Crippen molar-refractivity contribution in [3.8, 4) is 22.9 Å². The van der Waals surface area contributed by atoms with Gasteiger partial charge in [0.05, 0.1) is 5.25 Å². The van der Waals surface area contributed by atoms with Gasteiger partial charge in [-0.3, -0.25) is 9.36 Å². The molecule has 3 aromatic carbocycles. The van der Waals surface area contributed by atoms with E-state index >= 15 is 0 Å². The van der Waals surface area contributed by atoms with Gasteiger partial charge >= 0.3 is 0 Å². The number of benzene rings is 3. The van der Waals surface area contributed by atoms with E-state index in [0.29, 0.717) is 28.2 Å². The molecular formula is C25H22N4O4S. The minimum Gasteiger partial charge on any atom is -0.486 e. The Balaban J connectivity index is 1.33. The van der Waals surface area contributed by atoms with Crippen LogP contribution in [-0.4, -0.2) is 32.7 Å². The van der Waals surface area contributed by atoms with Gasteiger partial charge in [-0.15, -0.1) is 10.2 Å². The number of hydrogen-bond acceptors (Lipinski definition) is 7. The van der Waals surface area contributed by atoms with Crippen LogP contribution in [0.4, 0.5) is 5.69 Å². The van der Waals surface area contributed by atoms with E-state index in [1.54, 1.807) is 18.2 Å². The molecule has 0 spiro atoms. The Morgan fingerprint density at radius 2 is 1.76 bits per heavy atom. The van der Waals surface area contributed by atoms with Gasteiger partial charge in [-0.25, -0.2) is 0 Å². The van der Waals surface area contributed by atoms with Crippen LogP contribution in [0.2, 0.25) is 0 Å². The molecule has 8 nitrogen and oxygen atoms in total. The molecule has 0 saturated carbocycles. The predicted molar refractivity (Wildman–Crippen MR) is 129 cm³/mol. The van der Waals surface area contributed by atoms with Gasteiger partial charge in [0, 0.05) is 17.4 Å². The van der Waals surface area contributed by atoms with Crippen LogP contribution in [0.5, 0.6) is 17.2 Å². The minimum atomic E-state index is -0.431. The van der Waals surface area contributed by atoms with E-state index in [1.807, 2.05) is 72.2 Å². The number of hydrogen-bond donors (Lipinski definition) is 1. The van der Waals surface area contributed by atoms with Gasteiger partial charge in [0.1, 0.15) is 12.4 Å². The van der Waals surface area contributed by atoms with Gasteiger partial charge in [0.2, 0.25) is 12.7 Å². The Hall–Kier alpha value is -3.98. The number of rotatable bonds is 8. The first-order valence-corrected chi connectivity index (χ1v) is 11.6. The lowest BCUT2D eigenvalue weighted by atomic mass is 10.2. The summed E-state index contributed by atoms with van der Waals surface area (Å²) in [6.07, 6.45) is 0. The van der Waals surface area contributed by atoms with E-state index < -0.39 is 5.25 Å². The van der Waals surface area contributed by atoms with Gasteiger partial charge < -0.3 is 19.5 Å². The van der Waals surface area contributed by atoms with Crippen molar-refractivity contribution in [2.45, 2.75) is 23.9 Å². The number of nitrogens with one attached hydrogen (secondary N) is 1. The van der Waals surface area contributed by atoms with Crippen LogP contribution in [0.1, 0.15) is 12.7 Å². The number of nitrogens with zero attached hydrogens (tertiary/aromatic N) is 3. The number of carbonyl (C=O) groups excluding carboxylic acids is 1. The SMILES string of the molecule is CC(Sc1nnc(COc2ccccc2)n1-c1ccccc1)C(=O)Nc1ccc2c(c1)OCO2. The first kappa shape index (κ1) is 21.8. The van der Waals surface area contributed by atoms with E-state index in [2.05, 4.69) is 15.5 Å². The number of para-hydroxylation sites is 2. The molecule has 172 valence electrons. The maximum absolute atomic E-state index is 12.9. The fourth-order valence-electron chi connectivity index (χ4n) is 3.40. The second-order valence-corrected chi connectivity index (χ2v) is 8.80. The summed E-state index contributed by atoms with van der Waals surface area (Å²) in [4.78, 5) is 12.9. The summed E-state index contributed by atoms with van der Waals surface area (Å²) in [6.45, 7) is 2.26. The molecule has 34 heavy (non-hydrogen) atoms. The summed E-state index contributed by atoms with van der Waals surface area (Å²) < 4.78 is 18.5. The monoisotopic (exact) mass is 474 g/mol. The number of anilines is 1. The average Bonchev–Trinajstić information content (AvgIpc) is 3.50. The van der Waals surface area contributed by atoms with E-state index in [4.69, 9.17) is 14.2 Å². The lowest BCUT2D eigenvalue weighted by molar-refractivity contribution is -0.115. The molecule has 2 heterocycles. The van der Waals surface area contributed by atoms with Crippen molar-refractivity contribution in [2.24, 2.45) is 0 Å². The largest absolute Gasteiger partial charge is 0.486 e. The van der Waals surface area contributed by atoms with Crippen molar-refractivity contribution in [3.05, 3.63) is 84.7 Å². The fraction of sp³-hybridized carbons (Fsp3) is 0.160. The highest BCUT2D eigenvalue weighted by Crippen LogP contribution is 2.34. The number of amides is 1. The van der Waals surface area contributed by atoms with Crippen molar-refractivity contribution in [1.29, 1.82) is 0 Å². The molecule has 1 amide bonds. The lowest BCUT2D eigenvalue weighted by Gasteiger charge is -2.14. The van der Waals surface area contributed by atoms with Gasteiger partial charge in [0.25, 0.3) is 0 Å². The zero-order chi connectivity index (χ0) is 23.3. The number of ether oxygens (including phenoxy) is 3. The smallest absolute Gasteiger partial charge is 0.237 e. The molecule has 1 aliphatic rings. The number of fused-ring (bicyclic) bond motifs is 1. The molecule has 5 rings (SSSR count). The Morgan fingerprint density at radius 1 is 1.03 bits per heavy atom. The van der Waals surface area contributed by atoms with Crippen LogP contribution in [0.25, 0.3) is 5.69 Å². The Labute approximate surface area is 200 Å². The Kier molecular flexibility index (Phi) is 6.35. The van der Waals surface area contributed by atoms with Gasteiger partial charge in [-0.1, -0.05) is 48.2 Å². The molecule has 0 bridgehead atoms. The van der Waals surface area contributed by atoms with E-state index in [-0.39, 0.29) is 19.3 Å². The van der Waals surface area contributed by atoms with E-state index in [9.17, 15) is 4.79 Å². The van der Waals surface area contributed by atoms with Gasteiger partial charge in [0.15, 0.2) is 22.5 Å². The summed E-state index contributed by atoms with van der Waals surface area (Å²) in [5.41, 5.74) is 1.54. The van der Waals surface area contributed by atoms with Gasteiger partial charge in [-0.05, 0) is 43.3 Å². The minimum absolute atomic E-state index is 0.159. The zero-order valence-corrected chi connectivity index (χ0v) is 19.2. The van der Waals surface area contributed by atoms with Crippen LogP contribution >= 0.6 is 11.8 Å². The first-order valence-electron chi connectivity index (χ1n) is 10.7. The third-order valence-corrected chi connectivity index (χ3v) is 6.16. The van der Waals surface area contributed by atoms with Crippen molar-refractivity contribution >= 4 is 23.4 Å². The number of thioether (sulfide) groups is 1. The number of carbonyl (C=O) groups is 1. The molecule has 9 heteroatoms. The summed E-state index contributed by atoms with van der Waals surface area (Å²) >= 11 is 1.33. The summed E-state index contributed by atoms with van der Waals surface area (Å²) in [5.74, 6) is 2.51. The molecule has 0 saturated heterocycles. The standard InChI is InChI=1S/C25H22N4O4S/c1-17(24(30)26-18-12-13-21-22(14-18)33-16-32-21)34-25-28-27-23(15-31-20-10-6-3-7-11-20)29(25)19-8-4-2-5-9-19/h2-14,17H,15-16H2,1H3,(H,26,30). The van der Waals surface area contributed by atoms with Crippen LogP contribution in [0.3, 0.4) is 0 Å². The molecule has 1 aliphatic heterocycles. The van der Waals surface area contributed by atoms with Gasteiger partial charge in [-0.2, -0.15) is 0 Å². The van der Waals surface area contributed by atoms with E-state index in [1.165, 1.54) is 11.8 Å². The van der Waals surface area contributed by atoms with Crippen molar-refractivity contribution in [1.82, 2.24) is 14.8 Å². The molecule has 0 aliphatic carbocycles. The van der Waals surface area contributed by atoms with Crippen LogP contribution < -0.4 is 19.5 Å². The summed E-state index contributed by atoms with van der Waals surface area (Å²) in [7, 11) is 0. The highest BCUT2D eigenvalue weighted by atomic mass is 32.2. The molecule has 1 atom stereocenters. The second-order valence-electron chi connectivity index (χ2n) is 7.49. The lowest BCUT2D eigenvalue weighted by Crippen LogP contribution is -2.23. The highest BCUT2D eigenvalue weighted by Gasteiger charge is 2.22. The first-order chi connectivity index (χ1) is 16.7. The third kappa shape index (κ3) is 4.84. The maximum atomic E-state index is 12.9. The topological polar surface area (TPSA) is 87.5 Å². The van der Waals surface area contributed by atoms with Crippen LogP contribution in [-0.2, 0) is 11.4 Å². The molecule has 4 aromatic rings. The van der Waals surface area contributed by atoms with Crippen molar-refractivity contribution in [2.75, 3.05) is 12.1 Å². The third-order valence-electron chi connectivity index (χ3n) is 5.12. The predicted octanol–water partition coefficient (Wildman–Crippen LogP) is 4.69. The maximum Gasteiger partial charge on any atom is 0.237 e. The quantitative estimate of drug-likeness (QED) is 0.371. The molecule has 1 unspecified atom stereocenters. The fourth-order valence-corrected chi connectivity index (χ4v) is 4.29. The van der Waals surface area contributed by atoms with Crippen LogP contribution in [0, 0.1) is 0 Å². The Morgan fingerprint density at radius 3 is 2.56 bits per heavy atom. The number of aromatic nitrogens is 3. The summed E-state index contributed by atoms with van der Waals surface area (Å²) in [5, 5.41) is 11.8. The normalized spacial score (nSPS) is 12.9. The van der Waals surface area contributed by atoms with Crippen molar-refractivity contribution < 1.29 is 19.0 Å². The van der Waals surface area contributed by atoms with E-state index in [0.717, 1.165) is 11.4 Å². The highest BCUT2D eigenvalue weighted by molar-refractivity contribution is 8.00. The molecular weight excluding hydrogens is 452 g/mol. The second kappa shape index (κ2) is 9.88. The zero-order valence-electron chi connectivity index (χ0n) is 18.4.